The lowest BCUT2D eigenvalue weighted by Gasteiger charge is -2.09. The van der Waals surface area contributed by atoms with Gasteiger partial charge in [-0.05, 0) is 35.7 Å². The second-order valence-corrected chi connectivity index (χ2v) is 6.03. The van der Waals surface area contributed by atoms with Gasteiger partial charge >= 0.3 is 5.24 Å². The van der Waals surface area contributed by atoms with Crippen LogP contribution in [-0.4, -0.2) is 5.24 Å². The van der Waals surface area contributed by atoms with Crippen molar-refractivity contribution in [2.45, 2.75) is 31.1 Å². The van der Waals surface area contributed by atoms with E-state index in [1.165, 1.54) is 5.56 Å². The molecule has 0 fully saturated rings. The van der Waals surface area contributed by atoms with E-state index in [1.807, 2.05) is 24.3 Å². The van der Waals surface area contributed by atoms with Crippen molar-refractivity contribution in [1.29, 1.82) is 0 Å². The van der Waals surface area contributed by atoms with Crippen LogP contribution in [-0.2, 0) is 39.9 Å². The molecule has 0 aliphatic carbocycles. The monoisotopic (exact) mass is 273 g/mol. The summed E-state index contributed by atoms with van der Waals surface area (Å²) in [6, 6.07) is 7.91. The normalized spacial score (nSPS) is 12.4. The number of quaternary nitrogens is 1. The number of amides is 1. The molecule has 2 N–H and O–H groups in total. The average molecular weight is 273 g/mol. The second-order valence-electron chi connectivity index (χ2n) is 3.42. The van der Waals surface area contributed by atoms with E-state index in [0.717, 1.165) is 28.9 Å². The largest absolute Gasteiger partial charge is 0.488 e. The number of carbonyl (C=O) groups is 1. The summed E-state index contributed by atoms with van der Waals surface area (Å²) in [6.45, 7) is 2.15. The molecule has 1 rings (SSSR count). The minimum atomic E-state index is -0.808. The zero-order valence-electron chi connectivity index (χ0n) is 9.14. The molecule has 0 spiro atoms. The third-order valence-electron chi connectivity index (χ3n) is 2.25. The molecule has 1 atom stereocenters. The van der Waals surface area contributed by atoms with Crippen molar-refractivity contribution in [3.8, 4) is 0 Å². The molecule has 1 amide bonds. The number of primary amides is 1. The third kappa shape index (κ3) is 3.66. The van der Waals surface area contributed by atoms with E-state index in [1.54, 1.807) is 0 Å². The zero-order valence-corrected chi connectivity index (χ0v) is 11.6. The Morgan fingerprint density at radius 2 is 2.19 bits per heavy atom. The van der Waals surface area contributed by atoms with Gasteiger partial charge < -0.3 is 17.5 Å². The summed E-state index contributed by atoms with van der Waals surface area (Å²) in [5.74, 6) is 0. The maximum absolute atomic E-state index is 11.5. The molecule has 0 heterocycles. The predicted octanol–water partition coefficient (Wildman–Crippen LogP) is 1.61. The summed E-state index contributed by atoms with van der Waals surface area (Å²) >= 11 is 9.89. The molecule has 5 heteroatoms. The van der Waals surface area contributed by atoms with E-state index in [0.29, 0.717) is 0 Å². The summed E-state index contributed by atoms with van der Waals surface area (Å²) in [5.41, 5.74) is 1.19. The first-order valence-electron chi connectivity index (χ1n) is 5.19. The van der Waals surface area contributed by atoms with Crippen LogP contribution in [0.5, 0.6) is 0 Å². The Labute approximate surface area is 109 Å². The highest BCUT2D eigenvalue weighted by atomic mass is 32.8. The van der Waals surface area contributed by atoms with Gasteiger partial charge in [0.15, 0.2) is 0 Å². The summed E-state index contributed by atoms with van der Waals surface area (Å²) in [4.78, 5) is 12.5. The van der Waals surface area contributed by atoms with Crippen LogP contribution in [0, 0.1) is 0 Å². The molecule has 0 bridgehead atoms. The van der Waals surface area contributed by atoms with Gasteiger partial charge in [-0.2, -0.15) is 0 Å². The number of aryl methyl sites for hydroxylation is 1. The minimum Gasteiger partial charge on any atom is -0.488 e. The third-order valence-corrected chi connectivity index (χ3v) is 4.93. The van der Waals surface area contributed by atoms with Gasteiger partial charge in [0.05, 0.1) is 0 Å². The Kier molecular flexibility index (Phi) is 6.20. The predicted molar refractivity (Wildman–Crippen MR) is 72.7 cm³/mol. The molecule has 1 aromatic rings. The topological polar surface area (TPSA) is 33.7 Å². The summed E-state index contributed by atoms with van der Waals surface area (Å²) in [5, 5.41) is -0.131. The molecule has 88 valence electrons. The number of hydrogen-bond acceptors (Lipinski definition) is 3. The van der Waals surface area contributed by atoms with Gasteiger partial charge in [-0.25, -0.2) is 4.79 Å². The molecule has 2 nitrogen and oxygen atoms in total. The number of hydrogen-bond donors (Lipinski definition) is 1. The van der Waals surface area contributed by atoms with Crippen molar-refractivity contribution in [2.24, 2.45) is 0 Å². The molecule has 16 heavy (non-hydrogen) atoms. The van der Waals surface area contributed by atoms with Gasteiger partial charge in [-0.15, -0.1) is 0 Å². The highest BCUT2D eigenvalue weighted by molar-refractivity contribution is 8.37. The van der Waals surface area contributed by atoms with Crippen molar-refractivity contribution in [3.63, 3.8) is 0 Å². The standard InChI is InChI=1S/C11H15NOS3/c1-2-3-6-9-7-4-5-8-10(9)16(15)11(13)12-14/h4-5,7-8H,2-3,6,12H2,1H3. The first-order valence-corrected chi connectivity index (χ1v) is 7.81. The fraction of sp³-hybridized carbons (Fsp3) is 0.364. The van der Waals surface area contributed by atoms with Crippen LogP contribution >= 0.6 is 0 Å². The molecule has 0 aliphatic rings. The smallest absolute Gasteiger partial charge is 0.362 e. The lowest BCUT2D eigenvalue weighted by atomic mass is 10.1. The Morgan fingerprint density at radius 1 is 1.50 bits per heavy atom. The van der Waals surface area contributed by atoms with Crippen LogP contribution in [0.25, 0.3) is 0 Å². The van der Waals surface area contributed by atoms with Gasteiger partial charge in [0.1, 0.15) is 0 Å². The molecular formula is C11H15NOS3. The molecule has 0 saturated heterocycles. The molecule has 0 aromatic heterocycles. The van der Waals surface area contributed by atoms with Gasteiger partial charge in [0.25, 0.3) is 0 Å². The fourth-order valence-corrected chi connectivity index (χ4v) is 3.43. The first-order chi connectivity index (χ1) is 7.70. The Hall–Kier alpha value is -0.230. The number of rotatable bonds is 4. The molecule has 0 aliphatic heterocycles. The molecule has 1 unspecified atom stereocenters. The van der Waals surface area contributed by atoms with E-state index in [9.17, 15) is 4.79 Å². The van der Waals surface area contributed by atoms with Crippen molar-refractivity contribution in [2.75, 3.05) is 0 Å². The van der Waals surface area contributed by atoms with E-state index >= 15 is 0 Å². The Bertz CT molecular complexity index is 393. The van der Waals surface area contributed by atoms with Crippen LogP contribution in [0.4, 0.5) is 4.79 Å². The van der Waals surface area contributed by atoms with Crippen LogP contribution in [0.15, 0.2) is 29.2 Å². The number of carbonyl (C=O) groups excluding carboxylic acids is 1. The maximum Gasteiger partial charge on any atom is 0.362 e. The van der Waals surface area contributed by atoms with Crippen molar-refractivity contribution >= 4 is 38.7 Å². The van der Waals surface area contributed by atoms with E-state index < -0.39 is 9.45 Å². The summed E-state index contributed by atoms with van der Waals surface area (Å²) < 4.78 is 1.16. The number of unbranched alkanes of at least 4 members (excludes halogenated alkanes) is 1. The first kappa shape index (κ1) is 13.8. The van der Waals surface area contributed by atoms with Crippen molar-refractivity contribution in [3.05, 3.63) is 29.8 Å². The summed E-state index contributed by atoms with van der Waals surface area (Å²) in [6.07, 6.45) is 3.24. The van der Waals surface area contributed by atoms with Gasteiger partial charge in [-0.1, -0.05) is 31.5 Å². The number of benzene rings is 1. The summed E-state index contributed by atoms with van der Waals surface area (Å²) in [7, 11) is -0.808. The Morgan fingerprint density at radius 3 is 2.81 bits per heavy atom. The molecule has 1 aromatic carbocycles. The van der Waals surface area contributed by atoms with Crippen LogP contribution in [0.2, 0.25) is 0 Å². The number of nitrogens with two attached hydrogens (primary N) is 1. The van der Waals surface area contributed by atoms with Crippen molar-refractivity contribution in [1.82, 2.24) is 0 Å². The van der Waals surface area contributed by atoms with E-state index in [2.05, 4.69) is 19.7 Å². The lowest BCUT2D eigenvalue weighted by molar-refractivity contribution is -0.349. The van der Waals surface area contributed by atoms with Crippen LogP contribution in [0.3, 0.4) is 0 Å². The SMILES string of the molecule is CCCCc1ccccc1S(=S)C(=O)[NH2+][S-]. The quantitative estimate of drug-likeness (QED) is 0.846. The highest BCUT2D eigenvalue weighted by Gasteiger charge is 2.13. The van der Waals surface area contributed by atoms with E-state index in [4.69, 9.17) is 11.2 Å². The molecular weight excluding hydrogens is 258 g/mol. The van der Waals surface area contributed by atoms with Crippen LogP contribution < -0.4 is 4.72 Å². The second kappa shape index (κ2) is 7.17. The highest BCUT2D eigenvalue weighted by Crippen LogP contribution is 2.16. The average Bonchev–Trinajstić information content (AvgIpc) is 2.34. The fourth-order valence-electron chi connectivity index (χ4n) is 1.41. The van der Waals surface area contributed by atoms with Gasteiger partial charge in [-0.3, -0.25) is 0 Å². The van der Waals surface area contributed by atoms with Gasteiger partial charge in [0, 0.05) is 14.3 Å². The maximum atomic E-state index is 11.5. The van der Waals surface area contributed by atoms with Crippen molar-refractivity contribution < 1.29 is 9.52 Å². The van der Waals surface area contributed by atoms with Crippen LogP contribution in [0.1, 0.15) is 25.3 Å². The van der Waals surface area contributed by atoms with E-state index in [-0.39, 0.29) is 5.24 Å². The zero-order chi connectivity index (χ0) is 12.0. The van der Waals surface area contributed by atoms with Gasteiger partial charge in [0.2, 0.25) is 0 Å². The molecule has 0 radical (unpaired) electrons. The lowest BCUT2D eigenvalue weighted by Crippen LogP contribution is -2.82. The Balaban J connectivity index is 2.94. The minimum absolute atomic E-state index is 0.131. The molecule has 0 saturated carbocycles.